The molecule has 5 nitrogen and oxygen atoms in total. The van der Waals surface area contributed by atoms with Gasteiger partial charge in [-0.1, -0.05) is 6.08 Å². The van der Waals surface area contributed by atoms with Crippen molar-refractivity contribution in [1.82, 2.24) is 9.47 Å². The third-order valence-electron chi connectivity index (χ3n) is 6.19. The van der Waals surface area contributed by atoms with E-state index in [0.29, 0.717) is 5.75 Å². The van der Waals surface area contributed by atoms with Crippen LogP contribution in [0.3, 0.4) is 0 Å². The second-order valence-corrected chi connectivity index (χ2v) is 7.45. The van der Waals surface area contributed by atoms with Gasteiger partial charge in [0.1, 0.15) is 18.3 Å². The van der Waals surface area contributed by atoms with E-state index in [1.54, 1.807) is 13.2 Å². The van der Waals surface area contributed by atoms with Crippen LogP contribution in [-0.2, 0) is 16.0 Å². The Morgan fingerprint density at radius 3 is 2.85 bits per heavy atom. The van der Waals surface area contributed by atoms with Crippen molar-refractivity contribution >= 4 is 17.2 Å². The molecule has 4 rings (SSSR count). The number of ether oxygens (including phenoxy) is 1. The van der Waals surface area contributed by atoms with Gasteiger partial charge in [-0.05, 0) is 68.5 Å². The number of likely N-dealkylation sites (N-methyl/N-ethyl adjacent to an activating group) is 1. The number of methoxy groups -OCH3 is 1. The molecule has 138 valence electrons. The van der Waals surface area contributed by atoms with Crippen LogP contribution in [0.25, 0.3) is 10.9 Å². The molecule has 0 radical (unpaired) electrons. The molecule has 2 aliphatic rings. The molecule has 0 fully saturated rings. The van der Waals surface area contributed by atoms with E-state index in [2.05, 4.69) is 16.5 Å². The van der Waals surface area contributed by atoms with Gasteiger partial charge in [0.05, 0.1) is 11.6 Å². The summed E-state index contributed by atoms with van der Waals surface area (Å²) in [4.78, 5) is 14.0. The largest absolute Gasteiger partial charge is 0.508 e. The van der Waals surface area contributed by atoms with E-state index < -0.39 is 0 Å². The van der Waals surface area contributed by atoms with Gasteiger partial charge < -0.3 is 14.4 Å². The lowest BCUT2D eigenvalue weighted by Gasteiger charge is -2.34. The number of hydrogen-bond donors (Lipinski definition) is 1. The number of hydrogen-bond acceptors (Lipinski definition) is 4. The summed E-state index contributed by atoms with van der Waals surface area (Å²) in [5, 5.41) is 11.1. The fourth-order valence-corrected chi connectivity index (χ4v) is 4.86. The molecule has 3 heterocycles. The third kappa shape index (κ3) is 2.49. The van der Waals surface area contributed by atoms with Crippen molar-refractivity contribution in [3.05, 3.63) is 41.1 Å². The number of phenolic OH excluding ortho intramolecular Hbond substituents is 1. The summed E-state index contributed by atoms with van der Waals surface area (Å²) in [6, 6.07) is 5.85. The molecular formula is C21H26N2O3. The molecule has 0 saturated carbocycles. The molecule has 2 aliphatic heterocycles. The predicted molar refractivity (Wildman–Crippen MR) is 101 cm³/mol. The Kier molecular flexibility index (Phi) is 4.37. The highest BCUT2D eigenvalue weighted by molar-refractivity contribution is 5.87. The quantitative estimate of drug-likeness (QED) is 0.676. The molecule has 1 aromatic carbocycles. The molecule has 1 N–H and O–H groups in total. The molecule has 5 heteroatoms. The van der Waals surface area contributed by atoms with Crippen LogP contribution in [0.4, 0.5) is 0 Å². The standard InChI is InChI=1S/C21H26N2O3/c1-4-13(12-24)14-9-19-21-16(7-8-22(19)2)17-11-15(25)5-6-18(17)23(21)20(10-14)26-3/h4-6,11-12,14,19-20,25H,7-10H2,1-3H3/b13-4+/t14-,19+,20+/m1/s1. The fourth-order valence-electron chi connectivity index (χ4n) is 4.86. The molecule has 0 unspecified atom stereocenters. The van der Waals surface area contributed by atoms with E-state index in [1.807, 2.05) is 25.1 Å². The maximum absolute atomic E-state index is 11.6. The highest BCUT2D eigenvalue weighted by Gasteiger charge is 2.39. The molecule has 0 bridgehead atoms. The van der Waals surface area contributed by atoms with E-state index in [9.17, 15) is 9.90 Å². The maximum Gasteiger partial charge on any atom is 0.145 e. The number of rotatable bonds is 3. The zero-order valence-electron chi connectivity index (χ0n) is 15.6. The molecule has 0 aliphatic carbocycles. The Bertz CT molecular complexity index is 883. The summed E-state index contributed by atoms with van der Waals surface area (Å²) in [7, 11) is 3.90. The van der Waals surface area contributed by atoms with Crippen LogP contribution in [-0.4, -0.2) is 41.6 Å². The van der Waals surface area contributed by atoms with Crippen LogP contribution in [0.2, 0.25) is 0 Å². The van der Waals surface area contributed by atoms with Crippen LogP contribution in [0.15, 0.2) is 29.8 Å². The number of phenols is 1. The highest BCUT2D eigenvalue weighted by Crippen LogP contribution is 2.47. The first-order valence-electron chi connectivity index (χ1n) is 9.29. The van der Waals surface area contributed by atoms with Gasteiger partial charge in [-0.2, -0.15) is 0 Å². The van der Waals surface area contributed by atoms with Gasteiger partial charge >= 0.3 is 0 Å². The van der Waals surface area contributed by atoms with Gasteiger partial charge in [-0.3, -0.25) is 9.69 Å². The Morgan fingerprint density at radius 1 is 1.35 bits per heavy atom. The van der Waals surface area contributed by atoms with Gasteiger partial charge in [0, 0.05) is 24.7 Å². The SMILES string of the molecule is C/C=C(\C=O)[C@H]1C[C@H](OC)n2c3c(c4cc(O)ccc42)CCN(C)[C@H]3C1. The normalized spacial score (nSPS) is 26.6. The second-order valence-electron chi connectivity index (χ2n) is 7.45. The van der Waals surface area contributed by atoms with Crippen molar-refractivity contribution in [1.29, 1.82) is 0 Å². The maximum atomic E-state index is 11.6. The number of aldehydes is 1. The van der Waals surface area contributed by atoms with Gasteiger partial charge in [-0.25, -0.2) is 0 Å². The van der Waals surface area contributed by atoms with Crippen molar-refractivity contribution in [2.75, 3.05) is 20.7 Å². The van der Waals surface area contributed by atoms with Crippen LogP contribution in [0.5, 0.6) is 5.75 Å². The lowest BCUT2D eigenvalue weighted by atomic mass is 9.86. The first kappa shape index (κ1) is 17.3. The fraction of sp³-hybridized carbons (Fsp3) is 0.476. The van der Waals surface area contributed by atoms with Crippen molar-refractivity contribution in [3.63, 3.8) is 0 Å². The van der Waals surface area contributed by atoms with Crippen LogP contribution >= 0.6 is 0 Å². The van der Waals surface area contributed by atoms with E-state index in [4.69, 9.17) is 4.74 Å². The molecule has 2 aromatic rings. The van der Waals surface area contributed by atoms with Crippen molar-refractivity contribution in [2.24, 2.45) is 5.92 Å². The number of fused-ring (bicyclic) bond motifs is 3. The number of carbonyl (C=O) groups is 1. The Morgan fingerprint density at radius 2 is 2.15 bits per heavy atom. The molecule has 0 amide bonds. The summed E-state index contributed by atoms with van der Waals surface area (Å²) in [5.74, 6) is 0.474. The van der Waals surface area contributed by atoms with Gasteiger partial charge in [0.2, 0.25) is 0 Å². The summed E-state index contributed by atoms with van der Waals surface area (Å²) < 4.78 is 8.22. The van der Waals surface area contributed by atoms with Crippen LogP contribution in [0, 0.1) is 5.92 Å². The summed E-state index contributed by atoms with van der Waals surface area (Å²) in [6.07, 6.45) is 5.45. The monoisotopic (exact) mass is 354 g/mol. The van der Waals surface area contributed by atoms with Crippen LogP contribution < -0.4 is 0 Å². The number of nitrogens with zero attached hydrogens (tertiary/aromatic N) is 2. The van der Waals surface area contributed by atoms with Crippen molar-refractivity contribution < 1.29 is 14.6 Å². The molecule has 3 atom stereocenters. The number of benzene rings is 1. The molecule has 26 heavy (non-hydrogen) atoms. The lowest BCUT2D eigenvalue weighted by molar-refractivity contribution is -0.105. The Balaban J connectivity index is 1.96. The van der Waals surface area contributed by atoms with E-state index >= 15 is 0 Å². The van der Waals surface area contributed by atoms with Gasteiger partial charge in [0.25, 0.3) is 0 Å². The molecule has 0 saturated heterocycles. The molecular weight excluding hydrogens is 328 g/mol. The number of aromatic hydroxyl groups is 1. The van der Waals surface area contributed by atoms with Gasteiger partial charge in [-0.15, -0.1) is 0 Å². The van der Waals surface area contributed by atoms with Crippen molar-refractivity contribution in [2.45, 2.75) is 38.5 Å². The zero-order chi connectivity index (χ0) is 18.4. The highest BCUT2D eigenvalue weighted by atomic mass is 16.5. The number of carbonyl (C=O) groups excluding carboxylic acids is 1. The first-order valence-corrected chi connectivity index (χ1v) is 9.29. The topological polar surface area (TPSA) is 54.7 Å². The summed E-state index contributed by atoms with van der Waals surface area (Å²) in [6.45, 7) is 2.91. The van der Waals surface area contributed by atoms with Gasteiger partial charge in [0.15, 0.2) is 0 Å². The number of aromatic nitrogens is 1. The first-order chi connectivity index (χ1) is 12.6. The van der Waals surface area contributed by atoms with E-state index in [-0.39, 0.29) is 18.2 Å². The lowest BCUT2D eigenvalue weighted by Crippen LogP contribution is -2.33. The van der Waals surface area contributed by atoms with Crippen molar-refractivity contribution in [3.8, 4) is 5.75 Å². The smallest absolute Gasteiger partial charge is 0.145 e. The average Bonchev–Trinajstić information content (AvgIpc) is 2.84. The third-order valence-corrected chi connectivity index (χ3v) is 6.19. The zero-order valence-corrected chi connectivity index (χ0v) is 15.6. The Hall–Kier alpha value is -2.11. The summed E-state index contributed by atoms with van der Waals surface area (Å²) in [5.41, 5.74) is 4.57. The van der Waals surface area contributed by atoms with E-state index in [0.717, 1.165) is 48.6 Å². The molecule has 0 spiro atoms. The van der Waals surface area contributed by atoms with Crippen LogP contribution in [0.1, 0.15) is 43.3 Å². The predicted octanol–water partition coefficient (Wildman–Crippen LogP) is 3.58. The summed E-state index contributed by atoms with van der Waals surface area (Å²) >= 11 is 0. The average molecular weight is 354 g/mol. The van der Waals surface area contributed by atoms with E-state index in [1.165, 1.54) is 11.3 Å². The minimum absolute atomic E-state index is 0.123. The minimum Gasteiger partial charge on any atom is -0.508 e. The Labute approximate surface area is 153 Å². The number of allylic oxidation sites excluding steroid dienone is 2. The minimum atomic E-state index is -0.123. The second kappa shape index (κ2) is 6.56. The molecule has 1 aromatic heterocycles.